The lowest BCUT2D eigenvalue weighted by atomic mass is 10.2. The standard InChI is InChI=1S/C19H22N4O3S/c24-17(22-7-9-26-10-8-22)13-27-18-15-4-1-5-16(15)23(19(25)21-18)12-14-3-2-6-20-11-14/h2-3,6,11H,1,4-5,7-10,12-13H2. The first-order chi connectivity index (χ1) is 13.2. The average molecular weight is 386 g/mol. The molecule has 2 aromatic heterocycles. The molecule has 7 nitrogen and oxygen atoms in total. The van der Waals surface area contributed by atoms with Gasteiger partial charge in [-0.15, -0.1) is 0 Å². The maximum absolute atomic E-state index is 12.7. The minimum atomic E-state index is -0.249. The van der Waals surface area contributed by atoms with Crippen LogP contribution in [0.2, 0.25) is 0 Å². The highest BCUT2D eigenvalue weighted by Gasteiger charge is 2.24. The van der Waals surface area contributed by atoms with E-state index < -0.39 is 0 Å². The van der Waals surface area contributed by atoms with Gasteiger partial charge >= 0.3 is 5.69 Å². The number of thioether (sulfide) groups is 1. The summed E-state index contributed by atoms with van der Waals surface area (Å²) in [6.07, 6.45) is 6.29. The first-order valence-corrected chi connectivity index (χ1v) is 10.2. The molecular weight excluding hydrogens is 364 g/mol. The Morgan fingerprint density at radius 1 is 1.26 bits per heavy atom. The molecule has 0 aromatic carbocycles. The fourth-order valence-electron chi connectivity index (χ4n) is 3.58. The molecule has 27 heavy (non-hydrogen) atoms. The maximum atomic E-state index is 12.7. The Kier molecular flexibility index (Phi) is 5.54. The average Bonchev–Trinajstić information content (AvgIpc) is 3.20. The molecule has 1 aliphatic heterocycles. The topological polar surface area (TPSA) is 77.3 Å². The summed E-state index contributed by atoms with van der Waals surface area (Å²) in [5.41, 5.74) is 2.91. The Morgan fingerprint density at radius 2 is 2.11 bits per heavy atom. The van der Waals surface area contributed by atoms with Gasteiger partial charge in [-0.3, -0.25) is 14.3 Å². The molecule has 1 amide bonds. The lowest BCUT2D eigenvalue weighted by Crippen LogP contribution is -2.41. The Morgan fingerprint density at radius 3 is 2.89 bits per heavy atom. The van der Waals surface area contributed by atoms with Crippen LogP contribution in [-0.2, 0) is 28.9 Å². The minimum absolute atomic E-state index is 0.0800. The van der Waals surface area contributed by atoms with E-state index in [-0.39, 0.29) is 11.6 Å². The maximum Gasteiger partial charge on any atom is 0.349 e. The lowest BCUT2D eigenvalue weighted by Gasteiger charge is -2.26. The van der Waals surface area contributed by atoms with Crippen molar-refractivity contribution in [3.63, 3.8) is 0 Å². The van der Waals surface area contributed by atoms with Gasteiger partial charge in [0.15, 0.2) is 0 Å². The number of fused-ring (bicyclic) bond motifs is 1. The number of pyridine rings is 1. The van der Waals surface area contributed by atoms with E-state index in [1.807, 2.05) is 17.0 Å². The molecule has 2 aliphatic rings. The number of aromatic nitrogens is 3. The van der Waals surface area contributed by atoms with Crippen LogP contribution in [0.5, 0.6) is 0 Å². The Bertz CT molecular complexity index is 879. The normalized spacial score (nSPS) is 16.4. The third-order valence-corrected chi connectivity index (χ3v) is 5.96. The fourth-order valence-corrected chi connectivity index (χ4v) is 4.56. The van der Waals surface area contributed by atoms with E-state index in [4.69, 9.17) is 4.74 Å². The van der Waals surface area contributed by atoms with Gasteiger partial charge in [-0.2, -0.15) is 4.98 Å². The van der Waals surface area contributed by atoms with Crippen molar-refractivity contribution in [1.82, 2.24) is 19.4 Å². The van der Waals surface area contributed by atoms with E-state index in [1.54, 1.807) is 17.0 Å². The lowest BCUT2D eigenvalue weighted by molar-refractivity contribution is -0.132. The molecule has 2 aromatic rings. The molecule has 0 spiro atoms. The van der Waals surface area contributed by atoms with Crippen molar-refractivity contribution in [2.45, 2.75) is 30.8 Å². The van der Waals surface area contributed by atoms with Crippen LogP contribution in [0.15, 0.2) is 34.3 Å². The molecule has 4 rings (SSSR count). The number of nitrogens with zero attached hydrogens (tertiary/aromatic N) is 4. The number of carbonyl (C=O) groups is 1. The van der Waals surface area contributed by atoms with Crippen molar-refractivity contribution in [2.24, 2.45) is 0 Å². The second-order valence-corrected chi connectivity index (χ2v) is 7.67. The molecule has 0 bridgehead atoms. The molecule has 0 unspecified atom stereocenters. The van der Waals surface area contributed by atoms with Crippen LogP contribution in [0.25, 0.3) is 0 Å². The molecule has 1 saturated heterocycles. The van der Waals surface area contributed by atoms with Gasteiger partial charge in [-0.25, -0.2) is 4.79 Å². The molecule has 1 fully saturated rings. The van der Waals surface area contributed by atoms with E-state index in [0.29, 0.717) is 38.6 Å². The quantitative estimate of drug-likeness (QED) is 0.566. The van der Waals surface area contributed by atoms with Crippen LogP contribution in [0.3, 0.4) is 0 Å². The van der Waals surface area contributed by atoms with Gasteiger partial charge in [-0.05, 0) is 30.9 Å². The summed E-state index contributed by atoms with van der Waals surface area (Å²) >= 11 is 1.39. The van der Waals surface area contributed by atoms with E-state index in [0.717, 1.165) is 41.1 Å². The highest BCUT2D eigenvalue weighted by Crippen LogP contribution is 2.29. The predicted molar refractivity (Wildman–Crippen MR) is 102 cm³/mol. The molecule has 0 saturated carbocycles. The summed E-state index contributed by atoms with van der Waals surface area (Å²) in [5, 5.41) is 0.719. The van der Waals surface area contributed by atoms with Gasteiger partial charge in [0.05, 0.1) is 25.5 Å². The summed E-state index contributed by atoms with van der Waals surface area (Å²) in [7, 11) is 0. The van der Waals surface area contributed by atoms with Gasteiger partial charge in [0.25, 0.3) is 0 Å². The van der Waals surface area contributed by atoms with E-state index in [9.17, 15) is 9.59 Å². The third-order valence-electron chi connectivity index (χ3n) is 4.96. The van der Waals surface area contributed by atoms with Crippen molar-refractivity contribution in [3.05, 3.63) is 51.8 Å². The van der Waals surface area contributed by atoms with Gasteiger partial charge in [0.2, 0.25) is 5.91 Å². The smallest absolute Gasteiger partial charge is 0.349 e. The molecule has 0 N–H and O–H groups in total. The molecule has 142 valence electrons. The highest BCUT2D eigenvalue weighted by molar-refractivity contribution is 7.99. The minimum Gasteiger partial charge on any atom is -0.378 e. The monoisotopic (exact) mass is 386 g/mol. The number of morpholine rings is 1. The summed E-state index contributed by atoms with van der Waals surface area (Å²) < 4.78 is 7.05. The van der Waals surface area contributed by atoms with E-state index >= 15 is 0 Å². The van der Waals surface area contributed by atoms with Crippen LogP contribution in [0, 0.1) is 0 Å². The highest BCUT2D eigenvalue weighted by atomic mass is 32.2. The predicted octanol–water partition coefficient (Wildman–Crippen LogP) is 1.13. The fraction of sp³-hybridized carbons (Fsp3) is 0.474. The Hall–Kier alpha value is -2.19. The first kappa shape index (κ1) is 18.2. The van der Waals surface area contributed by atoms with Gasteiger partial charge in [-0.1, -0.05) is 17.8 Å². The number of rotatable bonds is 5. The number of amides is 1. The van der Waals surface area contributed by atoms with Crippen LogP contribution in [0.4, 0.5) is 0 Å². The van der Waals surface area contributed by atoms with Gasteiger partial charge in [0, 0.05) is 36.7 Å². The summed E-state index contributed by atoms with van der Waals surface area (Å²) in [6.45, 7) is 2.94. The molecule has 0 atom stereocenters. The van der Waals surface area contributed by atoms with Crippen molar-refractivity contribution in [2.75, 3.05) is 32.1 Å². The van der Waals surface area contributed by atoms with Crippen molar-refractivity contribution in [1.29, 1.82) is 0 Å². The summed E-state index contributed by atoms with van der Waals surface area (Å²) in [4.78, 5) is 35.3. The van der Waals surface area contributed by atoms with Crippen molar-refractivity contribution in [3.8, 4) is 0 Å². The molecule has 1 aliphatic carbocycles. The van der Waals surface area contributed by atoms with Crippen LogP contribution in [-0.4, -0.2) is 57.4 Å². The number of hydrogen-bond donors (Lipinski definition) is 0. The number of hydrogen-bond acceptors (Lipinski definition) is 6. The van der Waals surface area contributed by atoms with Gasteiger partial charge < -0.3 is 9.64 Å². The Labute approximate surface area is 161 Å². The van der Waals surface area contributed by atoms with Crippen LogP contribution >= 0.6 is 11.8 Å². The van der Waals surface area contributed by atoms with E-state index in [2.05, 4.69) is 9.97 Å². The largest absolute Gasteiger partial charge is 0.378 e. The zero-order chi connectivity index (χ0) is 18.6. The number of ether oxygens (including phenoxy) is 1. The third kappa shape index (κ3) is 4.06. The Balaban J connectivity index is 1.52. The molecule has 3 heterocycles. The molecule has 0 radical (unpaired) electrons. The second kappa shape index (κ2) is 8.22. The number of carbonyl (C=O) groups excluding carboxylic acids is 1. The molecular formula is C19H22N4O3S. The summed E-state index contributed by atoms with van der Waals surface area (Å²) in [6, 6.07) is 3.83. The SMILES string of the molecule is O=C(CSc1nc(=O)n(Cc2cccnc2)c2c1CCC2)N1CCOCC1. The van der Waals surface area contributed by atoms with Gasteiger partial charge in [0.1, 0.15) is 5.03 Å². The first-order valence-electron chi connectivity index (χ1n) is 9.22. The van der Waals surface area contributed by atoms with Crippen molar-refractivity contribution >= 4 is 17.7 Å². The zero-order valence-electron chi connectivity index (χ0n) is 15.1. The summed E-state index contributed by atoms with van der Waals surface area (Å²) in [5.74, 6) is 0.391. The zero-order valence-corrected chi connectivity index (χ0v) is 15.9. The van der Waals surface area contributed by atoms with E-state index in [1.165, 1.54) is 11.8 Å². The second-order valence-electron chi connectivity index (χ2n) is 6.71. The van der Waals surface area contributed by atoms with Crippen LogP contribution in [0.1, 0.15) is 23.2 Å². The van der Waals surface area contributed by atoms with Crippen LogP contribution < -0.4 is 5.69 Å². The molecule has 8 heteroatoms. The van der Waals surface area contributed by atoms with Crippen molar-refractivity contribution < 1.29 is 9.53 Å².